The van der Waals surface area contributed by atoms with E-state index >= 15 is 0 Å². The first kappa shape index (κ1) is 69.0. The molecule has 0 aromatic heterocycles. The van der Waals surface area contributed by atoms with Crippen LogP contribution in [0, 0.1) is 17.8 Å². The Morgan fingerprint density at radius 2 is 1.35 bits per heavy atom. The molecule has 1 aromatic carbocycles. The van der Waals surface area contributed by atoms with Gasteiger partial charge < -0.3 is 49.9 Å². The van der Waals surface area contributed by atoms with Crippen LogP contribution in [-0.4, -0.2) is 117 Å². The summed E-state index contributed by atoms with van der Waals surface area (Å²) in [5.74, 6) is 0.618. The number of carbonyl (C=O) groups is 8. The van der Waals surface area contributed by atoms with Gasteiger partial charge >= 0.3 is 31.8 Å². The van der Waals surface area contributed by atoms with Crippen molar-refractivity contribution in [2.24, 2.45) is 23.7 Å². The maximum absolute atomic E-state index is 13.8. The van der Waals surface area contributed by atoms with Crippen LogP contribution >= 0.6 is 7.82 Å². The van der Waals surface area contributed by atoms with E-state index in [1.165, 1.54) is 57.8 Å². The third-order valence-electron chi connectivity index (χ3n) is 12.8. The molecule has 4 amide bonds. The van der Waals surface area contributed by atoms with Crippen molar-refractivity contribution >= 4 is 55.3 Å². The molecule has 2 aliphatic heterocycles. The van der Waals surface area contributed by atoms with Gasteiger partial charge in [0.1, 0.15) is 19.0 Å². The first-order valence-corrected chi connectivity index (χ1v) is 29.8. The Hall–Kier alpha value is -5.15. The fraction of sp³-hybridized carbons (Fsp3) is 0.745. The number of Topliss-reactive ketones (excluding diaryl/α,β-unsaturated/α-hetero) is 1. The van der Waals surface area contributed by atoms with Crippen molar-refractivity contribution in [3.05, 3.63) is 29.8 Å². The Bertz CT molecular complexity index is 1980. The van der Waals surface area contributed by atoms with Gasteiger partial charge in [-0.2, -0.15) is 5.90 Å². The minimum absolute atomic E-state index is 0.0315. The van der Waals surface area contributed by atoms with Crippen molar-refractivity contribution in [1.29, 1.82) is 0 Å². The summed E-state index contributed by atoms with van der Waals surface area (Å²) in [6.45, 7) is 6.57. The number of nitrogens with two attached hydrogens (primary N) is 1. The molecule has 0 radical (unpaired) electrons. The molecule has 0 fully saturated rings. The van der Waals surface area contributed by atoms with Gasteiger partial charge in [-0.1, -0.05) is 117 Å². The lowest BCUT2D eigenvalue weighted by molar-refractivity contribution is -0.161. The third kappa shape index (κ3) is 33.3. The molecule has 2 bridgehead atoms. The molecule has 5 atom stereocenters. The molecule has 23 heteroatoms. The molecule has 78 heavy (non-hydrogen) atoms. The summed E-state index contributed by atoms with van der Waals surface area (Å²) in [6.07, 6.45) is 15.0. The molecule has 0 spiro atoms. The van der Waals surface area contributed by atoms with E-state index in [2.05, 4.69) is 33.0 Å². The second kappa shape index (κ2) is 41.8. The number of nitrogens with one attached hydrogen (secondary N) is 4. The Morgan fingerprint density at radius 1 is 0.718 bits per heavy atom. The van der Waals surface area contributed by atoms with Gasteiger partial charge in [-0.15, -0.1) is 0 Å². The molecule has 0 aliphatic carbocycles. The summed E-state index contributed by atoms with van der Waals surface area (Å²) in [7, 11) is -4.68. The zero-order valence-corrected chi connectivity index (χ0v) is 47.7. The standard InChI is InChI=1S/C55H92N5O17P/c1-5-7-8-9-10-11-12-13-14-15-16-17-18-23-51(64)73-39-44(76-52(65)21-6-2)40-75-78(69,70)74-36-33-58-50(63)30-35-72-55(68)59-32-20-31-57-49(62)29-28-48(61)47-38-42-24-26-43(27-25-42)71-34-19-22-45(54(67)77-56)46(37-41(3)4)53(66)60-47/h24-27,41,44-47H,5-23,28-40,56H2,1-4H3,(H,57,62)(H,58,63)(H,59,68)(H,60,66)(H,69,70)/t44-,45+,46-,47+/m1/s1. The van der Waals surface area contributed by atoms with Crippen molar-refractivity contribution in [2.45, 2.75) is 194 Å². The number of ketones is 1. The van der Waals surface area contributed by atoms with E-state index in [4.69, 9.17) is 33.9 Å². The summed E-state index contributed by atoms with van der Waals surface area (Å²) < 4.78 is 44.0. The lowest BCUT2D eigenvalue weighted by Crippen LogP contribution is -2.48. The number of esters is 2. The van der Waals surface area contributed by atoms with Crippen molar-refractivity contribution in [1.82, 2.24) is 21.3 Å². The number of fused-ring (bicyclic) bond motifs is 11. The number of benzene rings is 1. The smallest absolute Gasteiger partial charge is 0.472 e. The van der Waals surface area contributed by atoms with Crippen molar-refractivity contribution in [3.8, 4) is 5.75 Å². The Balaban J connectivity index is 1.65. The first-order chi connectivity index (χ1) is 37.5. The minimum Gasteiger partial charge on any atom is -0.494 e. The molecular weight excluding hydrogens is 1030 g/mol. The van der Waals surface area contributed by atoms with Crippen molar-refractivity contribution in [2.75, 3.05) is 52.7 Å². The molecule has 7 N–H and O–H groups in total. The molecule has 1 aromatic rings. The van der Waals surface area contributed by atoms with Crippen LogP contribution in [0.2, 0.25) is 0 Å². The minimum atomic E-state index is -4.68. The van der Waals surface area contributed by atoms with Gasteiger partial charge in [-0.25, -0.2) is 9.36 Å². The van der Waals surface area contributed by atoms with E-state index in [1.54, 1.807) is 31.2 Å². The maximum Gasteiger partial charge on any atom is 0.472 e. The molecule has 1 unspecified atom stereocenters. The monoisotopic (exact) mass is 1130 g/mol. The van der Waals surface area contributed by atoms with Crippen LogP contribution in [-0.2, 0) is 72.6 Å². The predicted molar refractivity (Wildman–Crippen MR) is 290 cm³/mol. The zero-order chi connectivity index (χ0) is 57.4. The number of carbonyl (C=O) groups excluding carboxylic acids is 8. The average molecular weight is 1130 g/mol. The Morgan fingerprint density at radius 3 is 1.99 bits per heavy atom. The van der Waals surface area contributed by atoms with Crippen LogP contribution < -0.4 is 31.9 Å². The molecule has 22 nitrogen and oxygen atoms in total. The van der Waals surface area contributed by atoms with Crippen LogP contribution in [0.15, 0.2) is 24.3 Å². The number of unbranched alkanes of at least 4 members (excludes halogenated alkanes) is 12. The Labute approximate surface area is 461 Å². The number of hydrogen-bond acceptors (Lipinski definition) is 17. The SMILES string of the molecule is CCCCCCCCCCCCCCCC(=O)OC[C@H](COP(=O)(O)OCCNC(=O)CCOC(=O)NCCCNC(=O)CCC(=O)[C@@H]1Cc2ccc(cc2)OCCC[C@H](C(=O)ON)[C@@H](CC(C)C)C(=O)N1)OC(=O)CCC. The fourth-order valence-electron chi connectivity index (χ4n) is 8.57. The van der Waals surface area contributed by atoms with Crippen LogP contribution in [0.4, 0.5) is 4.79 Å². The second-order valence-electron chi connectivity index (χ2n) is 20.1. The molecular formula is C55H92N5O17P. The van der Waals surface area contributed by atoms with E-state index in [1.807, 2.05) is 13.8 Å². The highest BCUT2D eigenvalue weighted by atomic mass is 31.2. The van der Waals surface area contributed by atoms with E-state index in [0.29, 0.717) is 44.5 Å². The summed E-state index contributed by atoms with van der Waals surface area (Å²) in [6, 6.07) is 6.14. The largest absolute Gasteiger partial charge is 0.494 e. The van der Waals surface area contributed by atoms with Crippen LogP contribution in [0.25, 0.3) is 0 Å². The van der Waals surface area contributed by atoms with Crippen LogP contribution in [0.1, 0.15) is 181 Å². The normalized spacial score (nSPS) is 16.8. The third-order valence-corrected chi connectivity index (χ3v) is 13.8. The highest BCUT2D eigenvalue weighted by molar-refractivity contribution is 7.47. The van der Waals surface area contributed by atoms with Crippen molar-refractivity contribution in [3.63, 3.8) is 0 Å². The van der Waals surface area contributed by atoms with Gasteiger partial charge in [0.2, 0.25) is 17.7 Å². The lowest BCUT2D eigenvalue weighted by Gasteiger charge is -2.28. The quantitative estimate of drug-likeness (QED) is 0.0121. The summed E-state index contributed by atoms with van der Waals surface area (Å²) in [5.41, 5.74) is 0.754. The molecule has 2 aliphatic rings. The number of alkyl carbamates (subject to hydrolysis) is 1. The summed E-state index contributed by atoms with van der Waals surface area (Å²) >= 11 is 0. The first-order valence-electron chi connectivity index (χ1n) is 28.3. The Kier molecular flexibility index (Phi) is 37.0. The van der Waals surface area contributed by atoms with Gasteiger partial charge in [0.05, 0.1) is 44.1 Å². The molecule has 3 rings (SSSR count). The van der Waals surface area contributed by atoms with Gasteiger partial charge in [0, 0.05) is 45.3 Å². The van der Waals surface area contributed by atoms with Crippen LogP contribution in [0.3, 0.4) is 0 Å². The van der Waals surface area contributed by atoms with Gasteiger partial charge in [-0.05, 0) is 68.6 Å². The van der Waals surface area contributed by atoms with E-state index in [0.717, 1.165) is 24.8 Å². The van der Waals surface area contributed by atoms with Crippen molar-refractivity contribution < 1.29 is 80.6 Å². The zero-order valence-electron chi connectivity index (χ0n) is 46.8. The lowest BCUT2D eigenvalue weighted by atomic mass is 9.81. The number of phosphoric acid groups is 1. The molecule has 444 valence electrons. The summed E-state index contributed by atoms with van der Waals surface area (Å²) in [5, 5.41) is 10.5. The van der Waals surface area contributed by atoms with Gasteiger partial charge in [0.25, 0.3) is 0 Å². The molecule has 2 heterocycles. The highest BCUT2D eigenvalue weighted by Crippen LogP contribution is 2.43. The number of amides is 4. The summed E-state index contributed by atoms with van der Waals surface area (Å²) in [4.78, 5) is 117. The number of hydrogen-bond donors (Lipinski definition) is 6. The molecule has 0 saturated carbocycles. The predicted octanol–water partition coefficient (Wildman–Crippen LogP) is 7.54. The van der Waals surface area contributed by atoms with E-state index < -0.39 is 86.7 Å². The second-order valence-corrected chi connectivity index (χ2v) is 21.6. The van der Waals surface area contributed by atoms with Gasteiger partial charge in [0.15, 0.2) is 11.9 Å². The van der Waals surface area contributed by atoms with Gasteiger partial charge in [-0.3, -0.25) is 42.6 Å². The average Bonchev–Trinajstić information content (AvgIpc) is 3.40. The molecule has 0 saturated heterocycles. The topological polar surface area (TPSA) is 313 Å². The number of rotatable bonds is 40. The van der Waals surface area contributed by atoms with E-state index in [-0.39, 0.29) is 89.5 Å². The number of ether oxygens (including phenoxy) is 4. The highest BCUT2D eigenvalue weighted by Gasteiger charge is 2.37. The number of phosphoric ester groups is 1. The van der Waals surface area contributed by atoms with Crippen LogP contribution in [0.5, 0.6) is 5.75 Å². The fourth-order valence-corrected chi connectivity index (χ4v) is 9.32. The maximum atomic E-state index is 13.8. The van der Waals surface area contributed by atoms with E-state index in [9.17, 15) is 47.8 Å².